The van der Waals surface area contributed by atoms with Crippen LogP contribution >= 0.6 is 11.6 Å². The third-order valence-electron chi connectivity index (χ3n) is 4.41. The van der Waals surface area contributed by atoms with Gasteiger partial charge in [0.25, 0.3) is 0 Å². The second kappa shape index (κ2) is 6.43. The lowest BCUT2D eigenvalue weighted by Gasteiger charge is -2.39. The number of carbonyl (C=O) groups is 1. The highest BCUT2D eigenvalue weighted by Crippen LogP contribution is 2.39. The van der Waals surface area contributed by atoms with E-state index in [9.17, 15) is 15.0 Å². The summed E-state index contributed by atoms with van der Waals surface area (Å²) in [6, 6.07) is 2.25. The molecule has 3 aromatic heterocycles. The van der Waals surface area contributed by atoms with Crippen LogP contribution in [0.5, 0.6) is 5.88 Å². The zero-order chi connectivity index (χ0) is 18.3. The quantitative estimate of drug-likeness (QED) is 0.540. The maximum atomic E-state index is 11.8. The average molecular weight is 375 g/mol. The van der Waals surface area contributed by atoms with Gasteiger partial charge in [0.2, 0.25) is 5.88 Å². The third kappa shape index (κ3) is 2.71. The van der Waals surface area contributed by atoms with Crippen molar-refractivity contribution >= 4 is 28.7 Å². The van der Waals surface area contributed by atoms with Gasteiger partial charge in [-0.3, -0.25) is 14.9 Å². The van der Waals surface area contributed by atoms with Crippen LogP contribution < -0.4 is 5.32 Å². The van der Waals surface area contributed by atoms with Crippen molar-refractivity contribution in [1.29, 1.82) is 0 Å². The van der Waals surface area contributed by atoms with Gasteiger partial charge < -0.3 is 20.5 Å². The normalized spacial score (nSPS) is 20.4. The maximum absolute atomic E-state index is 11.8. The van der Waals surface area contributed by atoms with Crippen molar-refractivity contribution in [1.82, 2.24) is 30.2 Å². The van der Waals surface area contributed by atoms with Crippen molar-refractivity contribution in [2.75, 3.05) is 13.1 Å². The Hall–Kier alpha value is -2.91. The molecule has 0 spiro atoms. The number of hydrogen-bond acceptors (Lipinski definition) is 6. The van der Waals surface area contributed by atoms with Gasteiger partial charge in [-0.2, -0.15) is 0 Å². The van der Waals surface area contributed by atoms with E-state index in [1.165, 1.54) is 23.5 Å². The summed E-state index contributed by atoms with van der Waals surface area (Å²) < 4.78 is 0. The molecule has 0 aliphatic carbocycles. The summed E-state index contributed by atoms with van der Waals surface area (Å²) in [4.78, 5) is 28.7. The highest BCUT2D eigenvalue weighted by atomic mass is 35.5. The molecule has 1 aliphatic heterocycles. The molecule has 1 saturated heterocycles. The zero-order valence-corrected chi connectivity index (χ0v) is 14.2. The van der Waals surface area contributed by atoms with Crippen molar-refractivity contribution in [3.05, 3.63) is 47.1 Å². The maximum Gasteiger partial charge on any atom is 0.407 e. The van der Waals surface area contributed by atoms with Crippen LogP contribution in [0.4, 0.5) is 4.79 Å². The molecule has 0 aromatic carbocycles. The SMILES string of the molecule is O=C(O)N1CCN[C@@H](c2[nH]c(O)c3nccnc23)C1c1ccc(Cl)cn1. The lowest BCUT2D eigenvalue weighted by Crippen LogP contribution is -2.50. The first-order valence-corrected chi connectivity index (χ1v) is 8.30. The molecular weight excluding hydrogens is 360 g/mol. The van der Waals surface area contributed by atoms with Crippen molar-refractivity contribution in [3.63, 3.8) is 0 Å². The summed E-state index contributed by atoms with van der Waals surface area (Å²) in [7, 11) is 0. The molecule has 1 unspecified atom stereocenters. The Bertz CT molecular complexity index is 960. The minimum absolute atomic E-state index is 0.111. The standard InChI is InChI=1S/C16H15ClN6O3/c17-8-1-2-9(21-7-8)14-12(20-5-6-23(14)16(25)26)11-10-13(15(24)22-11)19-4-3-18-10/h1-4,7,12,14,20,22,24H,5-6H2,(H,25,26)/t12-,14?/m0/s1. The van der Waals surface area contributed by atoms with E-state index in [-0.39, 0.29) is 5.88 Å². The van der Waals surface area contributed by atoms with Crippen molar-refractivity contribution in [2.24, 2.45) is 0 Å². The Kier molecular flexibility index (Phi) is 4.09. The number of nitrogens with one attached hydrogen (secondary N) is 2. The van der Waals surface area contributed by atoms with E-state index < -0.39 is 18.2 Å². The Morgan fingerprint density at radius 2 is 2.00 bits per heavy atom. The highest BCUT2D eigenvalue weighted by Gasteiger charge is 2.39. The largest absolute Gasteiger partial charge is 0.493 e. The van der Waals surface area contributed by atoms with Crippen LogP contribution in [0.1, 0.15) is 23.5 Å². The summed E-state index contributed by atoms with van der Waals surface area (Å²) in [5.41, 5.74) is 1.91. The molecule has 0 saturated carbocycles. The first kappa shape index (κ1) is 16.6. The van der Waals surface area contributed by atoms with E-state index >= 15 is 0 Å². The molecule has 2 atom stereocenters. The smallest absolute Gasteiger partial charge is 0.407 e. The lowest BCUT2D eigenvalue weighted by atomic mass is 9.96. The fourth-order valence-corrected chi connectivity index (χ4v) is 3.43. The van der Waals surface area contributed by atoms with Gasteiger partial charge in [0.1, 0.15) is 5.52 Å². The molecule has 0 radical (unpaired) electrons. The number of aromatic nitrogens is 4. The minimum Gasteiger partial charge on any atom is -0.493 e. The second-order valence-electron chi connectivity index (χ2n) is 5.89. The fraction of sp³-hybridized carbons (Fsp3) is 0.250. The number of halogens is 1. The Morgan fingerprint density at radius 3 is 2.69 bits per heavy atom. The summed E-state index contributed by atoms with van der Waals surface area (Å²) in [5.74, 6) is -0.111. The second-order valence-corrected chi connectivity index (χ2v) is 6.33. The van der Waals surface area contributed by atoms with E-state index in [2.05, 4.69) is 25.3 Å². The summed E-state index contributed by atoms with van der Waals surface area (Å²) in [6.45, 7) is 0.750. The third-order valence-corrected chi connectivity index (χ3v) is 4.63. The van der Waals surface area contributed by atoms with Crippen LogP contribution in [0.3, 0.4) is 0 Å². The van der Waals surface area contributed by atoms with Gasteiger partial charge >= 0.3 is 6.09 Å². The van der Waals surface area contributed by atoms with Crippen LogP contribution in [0.2, 0.25) is 5.02 Å². The molecular formula is C16H15ClN6O3. The van der Waals surface area contributed by atoms with Gasteiger partial charge in [0.05, 0.1) is 28.5 Å². The number of nitrogens with zero attached hydrogens (tertiary/aromatic N) is 4. The van der Waals surface area contributed by atoms with Gasteiger partial charge in [-0.15, -0.1) is 0 Å². The highest BCUT2D eigenvalue weighted by molar-refractivity contribution is 6.30. The number of amides is 1. The minimum atomic E-state index is -1.05. The molecule has 1 aliphatic rings. The first-order chi connectivity index (χ1) is 12.6. The Labute approximate surface area is 152 Å². The number of carboxylic acid groups (broad SMARTS) is 1. The van der Waals surface area contributed by atoms with Gasteiger partial charge in [-0.25, -0.2) is 9.78 Å². The number of hydrogen-bond donors (Lipinski definition) is 4. The Balaban J connectivity index is 1.86. The predicted octanol–water partition coefficient (Wildman–Crippen LogP) is 2.08. The van der Waals surface area contributed by atoms with E-state index in [0.717, 1.165) is 0 Å². The van der Waals surface area contributed by atoms with Crippen molar-refractivity contribution in [3.8, 4) is 5.88 Å². The molecule has 3 aromatic rings. The molecule has 0 bridgehead atoms. The Morgan fingerprint density at radius 1 is 1.23 bits per heavy atom. The van der Waals surface area contributed by atoms with Gasteiger partial charge in [-0.05, 0) is 12.1 Å². The van der Waals surface area contributed by atoms with Crippen LogP contribution in [-0.2, 0) is 0 Å². The predicted molar refractivity (Wildman–Crippen MR) is 93.0 cm³/mol. The van der Waals surface area contributed by atoms with Crippen LogP contribution in [0.25, 0.3) is 11.0 Å². The van der Waals surface area contributed by atoms with Crippen LogP contribution in [0, 0.1) is 0 Å². The molecule has 4 rings (SSSR count). The van der Waals surface area contributed by atoms with E-state index in [4.69, 9.17) is 11.6 Å². The van der Waals surface area contributed by atoms with Gasteiger partial charge in [0.15, 0.2) is 5.52 Å². The number of aromatic hydroxyl groups is 1. The number of rotatable bonds is 2. The van der Waals surface area contributed by atoms with Crippen molar-refractivity contribution < 1.29 is 15.0 Å². The molecule has 1 fully saturated rings. The molecule has 4 heterocycles. The van der Waals surface area contributed by atoms with E-state index in [1.54, 1.807) is 12.1 Å². The lowest BCUT2D eigenvalue weighted by molar-refractivity contribution is 0.0906. The molecule has 134 valence electrons. The van der Waals surface area contributed by atoms with E-state index in [0.29, 0.717) is 40.5 Å². The molecule has 1 amide bonds. The summed E-state index contributed by atoms with van der Waals surface area (Å²) >= 11 is 5.92. The number of aromatic amines is 1. The number of pyridine rings is 1. The first-order valence-electron chi connectivity index (χ1n) is 7.92. The van der Waals surface area contributed by atoms with Crippen LogP contribution in [-0.4, -0.2) is 54.2 Å². The number of fused-ring (bicyclic) bond motifs is 1. The monoisotopic (exact) mass is 374 g/mol. The number of piperazine rings is 1. The fourth-order valence-electron chi connectivity index (χ4n) is 3.32. The molecule has 9 nitrogen and oxygen atoms in total. The molecule has 4 N–H and O–H groups in total. The average Bonchev–Trinajstić information content (AvgIpc) is 2.99. The molecule has 10 heteroatoms. The zero-order valence-electron chi connectivity index (χ0n) is 13.4. The van der Waals surface area contributed by atoms with E-state index in [1.807, 2.05) is 0 Å². The van der Waals surface area contributed by atoms with Gasteiger partial charge in [0, 0.05) is 31.7 Å². The molecule has 26 heavy (non-hydrogen) atoms. The van der Waals surface area contributed by atoms with Crippen LogP contribution in [0.15, 0.2) is 30.7 Å². The van der Waals surface area contributed by atoms with Gasteiger partial charge in [-0.1, -0.05) is 11.6 Å². The summed E-state index contributed by atoms with van der Waals surface area (Å²) in [5, 5.41) is 23.6. The number of H-pyrrole nitrogens is 1. The van der Waals surface area contributed by atoms with Crippen molar-refractivity contribution in [2.45, 2.75) is 12.1 Å². The summed E-state index contributed by atoms with van der Waals surface area (Å²) in [6.07, 6.45) is 3.43. The topological polar surface area (TPSA) is 127 Å².